The van der Waals surface area contributed by atoms with Gasteiger partial charge in [0, 0.05) is 11.8 Å². The Morgan fingerprint density at radius 2 is 1.89 bits per heavy atom. The third kappa shape index (κ3) is 3.75. The van der Waals surface area contributed by atoms with E-state index >= 15 is 0 Å². The van der Waals surface area contributed by atoms with Crippen molar-refractivity contribution >= 4 is 21.5 Å². The van der Waals surface area contributed by atoms with Gasteiger partial charge in [-0.2, -0.15) is 0 Å². The van der Waals surface area contributed by atoms with Gasteiger partial charge < -0.3 is 4.74 Å². The Balaban J connectivity index is 1.88. The topological polar surface area (TPSA) is 94.8 Å². The molecule has 3 rings (SSSR count). The van der Waals surface area contributed by atoms with Gasteiger partial charge in [0.1, 0.15) is 12.3 Å². The van der Waals surface area contributed by atoms with E-state index in [1.807, 2.05) is 0 Å². The van der Waals surface area contributed by atoms with Crippen LogP contribution in [0.2, 0.25) is 0 Å². The highest BCUT2D eigenvalue weighted by Crippen LogP contribution is 2.18. The molecule has 0 atom stereocenters. The lowest BCUT2D eigenvalue weighted by Crippen LogP contribution is -2.19. The zero-order valence-electron chi connectivity index (χ0n) is 14.9. The molecule has 0 fully saturated rings. The fraction of sp³-hybridized carbons (Fsp3) is 0.211. The van der Waals surface area contributed by atoms with E-state index in [0.717, 1.165) is 5.69 Å². The number of rotatable bonds is 5. The number of hydrogen-bond acceptors (Lipinski definition) is 6. The average Bonchev–Trinajstić information content (AvgIpc) is 2.66. The summed E-state index contributed by atoms with van der Waals surface area (Å²) >= 11 is 0. The van der Waals surface area contributed by atoms with Crippen LogP contribution < -0.4 is 5.56 Å². The molecule has 2 heterocycles. The van der Waals surface area contributed by atoms with Crippen LogP contribution in [0.4, 0.5) is 0 Å². The minimum Gasteiger partial charge on any atom is -0.456 e. The average molecular weight is 386 g/mol. The number of aromatic nitrogens is 2. The fourth-order valence-electron chi connectivity index (χ4n) is 2.72. The van der Waals surface area contributed by atoms with Crippen molar-refractivity contribution in [2.75, 3.05) is 5.75 Å². The predicted octanol–water partition coefficient (Wildman–Crippen LogP) is 2.15. The SMILES string of the molecule is CCS(=O)(=O)c1ccccc1C(=O)OCc1cc(=O)n2c(C)cccc2n1. The standard InChI is InChI=1S/C19H18N2O5S/c1-3-27(24,25)16-9-5-4-8-15(16)19(23)26-12-14-11-18(22)21-13(2)7-6-10-17(21)20-14/h4-11H,3,12H2,1-2H3. The normalized spacial score (nSPS) is 11.5. The molecular formula is C19H18N2O5S. The van der Waals surface area contributed by atoms with Gasteiger partial charge in [-0.3, -0.25) is 9.20 Å². The third-order valence-electron chi connectivity index (χ3n) is 4.11. The largest absolute Gasteiger partial charge is 0.456 e. The first kappa shape index (κ1) is 18.8. The van der Waals surface area contributed by atoms with E-state index in [2.05, 4.69) is 4.98 Å². The van der Waals surface area contributed by atoms with Gasteiger partial charge in [-0.15, -0.1) is 0 Å². The monoisotopic (exact) mass is 386 g/mol. The van der Waals surface area contributed by atoms with E-state index < -0.39 is 15.8 Å². The Labute approximate surface area is 156 Å². The number of nitrogens with zero attached hydrogens (tertiary/aromatic N) is 2. The number of esters is 1. The van der Waals surface area contributed by atoms with Crippen LogP contribution in [0.15, 0.2) is 58.2 Å². The van der Waals surface area contributed by atoms with E-state index in [9.17, 15) is 18.0 Å². The lowest BCUT2D eigenvalue weighted by molar-refractivity contribution is 0.0463. The zero-order chi connectivity index (χ0) is 19.6. The molecular weight excluding hydrogens is 368 g/mol. The van der Waals surface area contributed by atoms with Crippen molar-refractivity contribution in [2.24, 2.45) is 0 Å². The number of sulfone groups is 1. The Hall–Kier alpha value is -3.00. The van der Waals surface area contributed by atoms with Gasteiger partial charge in [0.25, 0.3) is 5.56 Å². The van der Waals surface area contributed by atoms with Gasteiger partial charge >= 0.3 is 5.97 Å². The summed E-state index contributed by atoms with van der Waals surface area (Å²) in [5.41, 5.74) is 1.16. The van der Waals surface area contributed by atoms with Gasteiger partial charge in [0.15, 0.2) is 9.84 Å². The molecule has 0 amide bonds. The summed E-state index contributed by atoms with van der Waals surface area (Å²) < 4.78 is 31.0. The Morgan fingerprint density at radius 3 is 2.63 bits per heavy atom. The van der Waals surface area contributed by atoms with Crippen molar-refractivity contribution in [1.82, 2.24) is 9.38 Å². The molecule has 0 saturated carbocycles. The van der Waals surface area contributed by atoms with E-state index in [0.29, 0.717) is 5.65 Å². The first-order valence-corrected chi connectivity index (χ1v) is 9.96. The number of ether oxygens (including phenoxy) is 1. The Bertz CT molecular complexity index is 1180. The molecule has 0 saturated heterocycles. The highest BCUT2D eigenvalue weighted by Gasteiger charge is 2.21. The summed E-state index contributed by atoms with van der Waals surface area (Å²) in [6.45, 7) is 3.06. The summed E-state index contributed by atoms with van der Waals surface area (Å²) in [7, 11) is -3.57. The molecule has 27 heavy (non-hydrogen) atoms. The number of fused-ring (bicyclic) bond motifs is 1. The number of carbonyl (C=O) groups is 1. The van der Waals surface area contributed by atoms with Crippen molar-refractivity contribution in [3.63, 3.8) is 0 Å². The Kier molecular flexibility index (Phi) is 5.09. The van der Waals surface area contributed by atoms with Gasteiger partial charge in [-0.25, -0.2) is 18.2 Å². The van der Waals surface area contributed by atoms with E-state index in [4.69, 9.17) is 4.74 Å². The summed E-state index contributed by atoms with van der Waals surface area (Å²) in [6.07, 6.45) is 0. The number of aryl methyl sites for hydroxylation is 1. The van der Waals surface area contributed by atoms with Crippen LogP contribution >= 0.6 is 0 Å². The Morgan fingerprint density at radius 1 is 1.15 bits per heavy atom. The number of pyridine rings is 1. The molecule has 0 spiro atoms. The summed E-state index contributed by atoms with van der Waals surface area (Å²) in [4.78, 5) is 28.9. The molecule has 0 N–H and O–H groups in total. The predicted molar refractivity (Wildman–Crippen MR) is 99.5 cm³/mol. The molecule has 140 valence electrons. The minimum atomic E-state index is -3.57. The van der Waals surface area contributed by atoms with Crippen LogP contribution in [0.3, 0.4) is 0 Å². The summed E-state index contributed by atoms with van der Waals surface area (Å²) in [5.74, 6) is -0.909. The van der Waals surface area contributed by atoms with Crippen LogP contribution in [0.1, 0.15) is 28.7 Å². The van der Waals surface area contributed by atoms with Gasteiger partial charge in [-0.1, -0.05) is 25.1 Å². The molecule has 0 aliphatic carbocycles. The molecule has 0 bridgehead atoms. The zero-order valence-corrected chi connectivity index (χ0v) is 15.7. The highest BCUT2D eigenvalue weighted by atomic mass is 32.2. The molecule has 2 aromatic heterocycles. The fourth-order valence-corrected chi connectivity index (χ4v) is 3.80. The van der Waals surface area contributed by atoms with Gasteiger partial charge in [0.05, 0.1) is 21.9 Å². The summed E-state index contributed by atoms with van der Waals surface area (Å²) in [6, 6.07) is 12.4. The van der Waals surface area contributed by atoms with Crippen molar-refractivity contribution in [1.29, 1.82) is 0 Å². The smallest absolute Gasteiger partial charge is 0.339 e. The third-order valence-corrected chi connectivity index (χ3v) is 5.89. The lowest BCUT2D eigenvalue weighted by atomic mass is 10.2. The number of carbonyl (C=O) groups excluding carboxylic acids is 1. The molecule has 0 unspecified atom stereocenters. The van der Waals surface area contributed by atoms with Crippen LogP contribution in [-0.4, -0.2) is 29.5 Å². The van der Waals surface area contributed by atoms with Gasteiger partial charge in [0.2, 0.25) is 0 Å². The molecule has 0 radical (unpaired) electrons. The summed E-state index contributed by atoms with van der Waals surface area (Å²) in [5, 5.41) is 0. The second-order valence-corrected chi connectivity index (χ2v) is 8.17. The van der Waals surface area contributed by atoms with E-state index in [1.54, 1.807) is 37.3 Å². The highest BCUT2D eigenvalue weighted by molar-refractivity contribution is 7.91. The van der Waals surface area contributed by atoms with Crippen LogP contribution in [0.5, 0.6) is 0 Å². The molecule has 3 aromatic rings. The minimum absolute atomic E-state index is 0.0345. The lowest BCUT2D eigenvalue weighted by Gasteiger charge is -2.10. The maximum atomic E-state index is 12.4. The van der Waals surface area contributed by atoms with Crippen LogP contribution in [-0.2, 0) is 21.2 Å². The maximum absolute atomic E-state index is 12.4. The van der Waals surface area contributed by atoms with Crippen molar-refractivity contribution in [3.8, 4) is 0 Å². The van der Waals surface area contributed by atoms with Crippen molar-refractivity contribution in [2.45, 2.75) is 25.3 Å². The second kappa shape index (κ2) is 7.32. The molecule has 7 nitrogen and oxygen atoms in total. The van der Waals surface area contributed by atoms with E-state index in [1.165, 1.54) is 29.5 Å². The first-order chi connectivity index (χ1) is 12.8. The molecule has 0 aliphatic heterocycles. The van der Waals surface area contributed by atoms with Crippen LogP contribution in [0.25, 0.3) is 5.65 Å². The molecule has 0 aliphatic rings. The van der Waals surface area contributed by atoms with Crippen LogP contribution in [0, 0.1) is 6.92 Å². The maximum Gasteiger partial charge on any atom is 0.339 e. The first-order valence-electron chi connectivity index (χ1n) is 8.30. The van der Waals surface area contributed by atoms with Crippen molar-refractivity contribution < 1.29 is 17.9 Å². The van der Waals surface area contributed by atoms with Gasteiger partial charge in [-0.05, 0) is 31.2 Å². The van der Waals surface area contributed by atoms with E-state index in [-0.39, 0.29) is 34.1 Å². The quantitative estimate of drug-likeness (QED) is 0.624. The molecule has 1 aromatic carbocycles. The molecule has 8 heteroatoms. The number of hydrogen-bond donors (Lipinski definition) is 0. The second-order valence-electron chi connectivity index (χ2n) is 5.92. The number of benzene rings is 1. The van der Waals surface area contributed by atoms with Crippen molar-refractivity contribution in [3.05, 3.63) is 75.8 Å².